The highest BCUT2D eigenvalue weighted by Crippen LogP contribution is 2.19. The first-order valence-electron chi connectivity index (χ1n) is 3.09. The Morgan fingerprint density at radius 2 is 2.36 bits per heavy atom. The normalized spacial score (nSPS) is 31.7. The Kier molecular flexibility index (Phi) is 1.66. The molecule has 4 nitrogen and oxygen atoms in total. The van der Waals surface area contributed by atoms with Gasteiger partial charge < -0.3 is 5.73 Å². The zero-order valence-electron chi connectivity index (χ0n) is 6.11. The fraction of sp³-hybridized carbons (Fsp3) is 0.167. The summed E-state index contributed by atoms with van der Waals surface area (Å²) in [6.07, 6.45) is 5.43. The van der Waals surface area contributed by atoms with Crippen LogP contribution in [0.2, 0.25) is 0 Å². The molecule has 2 aliphatic heterocycles. The second-order valence-corrected chi connectivity index (χ2v) is 2.51. The number of hydrogen-bond acceptors (Lipinski definition) is 3. The molecule has 0 aliphatic carbocycles. The molecule has 1 atom stereocenters. The summed E-state index contributed by atoms with van der Waals surface area (Å²) in [6, 6.07) is 0. The van der Waals surface area contributed by atoms with Crippen molar-refractivity contribution in [3.8, 4) is 0 Å². The van der Waals surface area contributed by atoms with Gasteiger partial charge in [-0.2, -0.15) is 4.99 Å². The quantitative estimate of drug-likeness (QED) is 0.509. The fourth-order valence-corrected chi connectivity index (χ4v) is 1.09. The largest absolute Gasteiger partial charge is 0.351 e. The van der Waals surface area contributed by atoms with Crippen LogP contribution < -0.4 is 11.2 Å². The van der Waals surface area contributed by atoms with Crippen molar-refractivity contribution in [3.63, 3.8) is 0 Å². The SMILES string of the molecule is C[N+]12NC=CC1=NC=C2N.Cl. The highest BCUT2D eigenvalue weighted by atomic mass is 35.5. The van der Waals surface area contributed by atoms with Gasteiger partial charge in [0.15, 0.2) is 0 Å². The van der Waals surface area contributed by atoms with E-state index in [1.807, 2.05) is 19.3 Å². The van der Waals surface area contributed by atoms with Crippen molar-refractivity contribution in [1.29, 1.82) is 0 Å². The van der Waals surface area contributed by atoms with Crippen LogP contribution in [0.25, 0.3) is 0 Å². The lowest BCUT2D eigenvalue weighted by molar-refractivity contribution is -0.816. The number of nitrogens with zero attached hydrogens (tertiary/aromatic N) is 2. The maximum absolute atomic E-state index is 5.67. The maximum atomic E-state index is 5.67. The van der Waals surface area contributed by atoms with Crippen molar-refractivity contribution < 1.29 is 4.59 Å². The third-order valence-corrected chi connectivity index (χ3v) is 1.87. The molecule has 0 aromatic heterocycles. The van der Waals surface area contributed by atoms with Crippen LogP contribution in [-0.4, -0.2) is 17.5 Å². The Bertz CT molecular complexity index is 268. The fourth-order valence-electron chi connectivity index (χ4n) is 1.09. The number of aliphatic imine (C=N–C) groups is 1. The zero-order chi connectivity index (χ0) is 7.19. The van der Waals surface area contributed by atoms with Crippen LogP contribution in [0, 0.1) is 0 Å². The molecule has 1 unspecified atom stereocenters. The molecule has 0 aromatic carbocycles. The molecule has 2 rings (SSSR count). The molecular formula is C6H10ClN4+. The van der Waals surface area contributed by atoms with Gasteiger partial charge in [-0.05, 0) is 0 Å². The van der Waals surface area contributed by atoms with Gasteiger partial charge in [0.25, 0.3) is 5.84 Å². The van der Waals surface area contributed by atoms with Crippen LogP contribution in [0.4, 0.5) is 0 Å². The molecule has 0 saturated heterocycles. The molecule has 0 aromatic rings. The first-order valence-corrected chi connectivity index (χ1v) is 3.09. The highest BCUT2D eigenvalue weighted by Gasteiger charge is 2.38. The molecule has 0 spiro atoms. The van der Waals surface area contributed by atoms with Crippen LogP contribution in [0.5, 0.6) is 0 Å². The van der Waals surface area contributed by atoms with Crippen LogP contribution in [0.15, 0.2) is 29.3 Å². The first-order chi connectivity index (χ1) is 4.73. The van der Waals surface area contributed by atoms with Crippen LogP contribution in [-0.2, 0) is 0 Å². The summed E-state index contributed by atoms with van der Waals surface area (Å²) in [5, 5.41) is 0. The van der Waals surface area contributed by atoms with Gasteiger partial charge in [-0.15, -0.1) is 17.0 Å². The predicted molar refractivity (Wildman–Crippen MR) is 45.4 cm³/mol. The molecule has 0 radical (unpaired) electrons. The van der Waals surface area contributed by atoms with Gasteiger partial charge >= 0.3 is 0 Å². The highest BCUT2D eigenvalue weighted by molar-refractivity contribution is 5.90. The Morgan fingerprint density at radius 1 is 1.64 bits per heavy atom. The molecule has 0 saturated carbocycles. The van der Waals surface area contributed by atoms with Gasteiger partial charge in [-0.3, -0.25) is 0 Å². The number of hydrogen-bond donors (Lipinski definition) is 2. The monoisotopic (exact) mass is 173 g/mol. The molecular weight excluding hydrogens is 164 g/mol. The first kappa shape index (κ1) is 8.10. The zero-order valence-corrected chi connectivity index (χ0v) is 6.93. The van der Waals surface area contributed by atoms with E-state index in [4.69, 9.17) is 5.73 Å². The Hall–Kier alpha value is -1.00. The Balaban J connectivity index is 0.000000605. The summed E-state index contributed by atoms with van der Waals surface area (Å²) < 4.78 is 0.431. The lowest BCUT2D eigenvalue weighted by Gasteiger charge is -2.22. The van der Waals surface area contributed by atoms with Gasteiger partial charge in [0.1, 0.15) is 13.2 Å². The van der Waals surface area contributed by atoms with Crippen LogP contribution >= 0.6 is 12.4 Å². The average molecular weight is 174 g/mol. The number of quaternary nitrogens is 1. The minimum Gasteiger partial charge on any atom is -0.351 e. The molecule has 0 amide bonds. The summed E-state index contributed by atoms with van der Waals surface area (Å²) in [5.41, 5.74) is 8.75. The van der Waals surface area contributed by atoms with Crippen molar-refractivity contribution in [2.75, 3.05) is 7.05 Å². The van der Waals surface area contributed by atoms with Crippen LogP contribution in [0.1, 0.15) is 0 Å². The summed E-state index contributed by atoms with van der Waals surface area (Å²) in [5.74, 6) is 1.66. The van der Waals surface area contributed by atoms with Crippen molar-refractivity contribution >= 4 is 18.2 Å². The molecule has 2 aliphatic rings. The van der Waals surface area contributed by atoms with Gasteiger partial charge in [0.2, 0.25) is 5.82 Å². The summed E-state index contributed by atoms with van der Waals surface area (Å²) >= 11 is 0. The number of amidine groups is 1. The minimum absolute atomic E-state index is 0. The number of nitrogens with two attached hydrogens (primary N) is 1. The van der Waals surface area contributed by atoms with E-state index in [0.717, 1.165) is 11.7 Å². The average Bonchev–Trinajstić information content (AvgIpc) is 2.36. The van der Waals surface area contributed by atoms with Gasteiger partial charge in [-0.1, -0.05) is 0 Å². The molecule has 5 heteroatoms. The van der Waals surface area contributed by atoms with E-state index >= 15 is 0 Å². The summed E-state index contributed by atoms with van der Waals surface area (Å²) in [7, 11) is 1.96. The number of likely N-dealkylation sites (N-methyl/N-ethyl adjacent to an activating group) is 1. The second-order valence-electron chi connectivity index (χ2n) is 2.51. The number of fused-ring (bicyclic) bond motifs is 1. The summed E-state index contributed by atoms with van der Waals surface area (Å²) in [6.45, 7) is 0. The van der Waals surface area contributed by atoms with Crippen molar-refractivity contribution in [3.05, 3.63) is 24.3 Å². The third-order valence-electron chi connectivity index (χ3n) is 1.87. The molecule has 3 N–H and O–H groups in total. The second kappa shape index (κ2) is 2.25. The predicted octanol–water partition coefficient (Wildman–Crippen LogP) is 0.0564. The van der Waals surface area contributed by atoms with Gasteiger partial charge in [0.05, 0.1) is 6.20 Å². The van der Waals surface area contributed by atoms with E-state index in [9.17, 15) is 0 Å². The van der Waals surface area contributed by atoms with Gasteiger partial charge in [0, 0.05) is 6.08 Å². The number of halogens is 1. The van der Waals surface area contributed by atoms with Crippen molar-refractivity contribution in [2.45, 2.75) is 0 Å². The lowest BCUT2D eigenvalue weighted by Crippen LogP contribution is -2.52. The maximum Gasteiger partial charge on any atom is 0.260 e. The third kappa shape index (κ3) is 0.834. The summed E-state index contributed by atoms with van der Waals surface area (Å²) in [4.78, 5) is 4.10. The standard InChI is InChI=1S/C6H9N4.ClH/c1-10-5(7)4-8-6(10)2-3-9-10;/h2-4,9H,7H2,1H3;1H/q+1;. The van der Waals surface area contributed by atoms with Gasteiger partial charge in [-0.25, -0.2) is 5.43 Å². The van der Waals surface area contributed by atoms with E-state index in [-0.39, 0.29) is 12.4 Å². The Morgan fingerprint density at radius 3 is 3.00 bits per heavy atom. The van der Waals surface area contributed by atoms with E-state index in [1.165, 1.54) is 0 Å². The smallest absolute Gasteiger partial charge is 0.260 e. The lowest BCUT2D eigenvalue weighted by atomic mass is 10.5. The number of rotatable bonds is 0. The van der Waals surface area contributed by atoms with E-state index in [2.05, 4.69) is 10.4 Å². The van der Waals surface area contributed by atoms with Crippen LogP contribution in [0.3, 0.4) is 0 Å². The molecule has 11 heavy (non-hydrogen) atoms. The van der Waals surface area contributed by atoms with Crippen molar-refractivity contribution in [1.82, 2.24) is 5.43 Å². The minimum atomic E-state index is 0. The molecule has 60 valence electrons. The number of nitrogens with one attached hydrogen (secondary N) is 1. The molecule has 0 fully saturated rings. The topological polar surface area (TPSA) is 50.4 Å². The molecule has 0 bridgehead atoms. The van der Waals surface area contributed by atoms with E-state index in [1.54, 1.807) is 6.20 Å². The molecule has 2 heterocycles. The van der Waals surface area contributed by atoms with E-state index < -0.39 is 0 Å². The Labute approximate surface area is 71.1 Å². The van der Waals surface area contributed by atoms with E-state index in [0.29, 0.717) is 4.59 Å². The van der Waals surface area contributed by atoms with Crippen molar-refractivity contribution in [2.24, 2.45) is 10.7 Å².